The highest BCUT2D eigenvalue weighted by atomic mass is 16.5. The first kappa shape index (κ1) is 27.0. The van der Waals surface area contributed by atoms with Crippen molar-refractivity contribution in [3.8, 4) is 11.5 Å². The van der Waals surface area contributed by atoms with Gasteiger partial charge in [0.15, 0.2) is 12.4 Å². The van der Waals surface area contributed by atoms with Crippen molar-refractivity contribution >= 4 is 35.2 Å². The number of aryl methyl sites for hydroxylation is 1. The lowest BCUT2D eigenvalue weighted by Crippen LogP contribution is -2.29. The molecule has 0 spiro atoms. The van der Waals surface area contributed by atoms with Gasteiger partial charge in [0.1, 0.15) is 11.5 Å². The van der Waals surface area contributed by atoms with Gasteiger partial charge in [0.2, 0.25) is 0 Å². The maximum Gasteiger partial charge on any atom is 0.343 e. The van der Waals surface area contributed by atoms with Crippen molar-refractivity contribution in [3.05, 3.63) is 124 Å². The van der Waals surface area contributed by atoms with Crippen LogP contribution in [0.4, 0.5) is 5.69 Å². The number of ether oxygens (including phenoxy) is 3. The molecule has 0 N–H and O–H groups in total. The Bertz CT molecular complexity index is 1670. The lowest BCUT2D eigenvalue weighted by molar-refractivity contribution is 0.0474. The average Bonchev–Trinajstić information content (AvgIpc) is 3.25. The standard InChI is InChI=1S/C32H23NO8/c1-19-3-5-21(6-4-19)32(38)41-25-12-7-20(8-13-25)28(34)18-40-31(37)22-9-16-26-27(17-22)30(36)33(29(26)35)23-10-14-24(39-2)15-11-23/h3-17H,18H2,1-2H3. The fraction of sp³-hybridized carbons (Fsp3) is 0.0938. The molecule has 0 fully saturated rings. The van der Waals surface area contributed by atoms with Crippen molar-refractivity contribution in [2.24, 2.45) is 0 Å². The maximum atomic E-state index is 13.0. The number of carbonyl (C=O) groups excluding carboxylic acids is 5. The van der Waals surface area contributed by atoms with Gasteiger partial charge < -0.3 is 14.2 Å². The van der Waals surface area contributed by atoms with E-state index in [1.165, 1.54) is 49.6 Å². The molecular weight excluding hydrogens is 526 g/mol. The molecule has 204 valence electrons. The molecule has 41 heavy (non-hydrogen) atoms. The second kappa shape index (κ2) is 11.3. The van der Waals surface area contributed by atoms with Gasteiger partial charge in [-0.25, -0.2) is 14.5 Å². The smallest absolute Gasteiger partial charge is 0.343 e. The largest absolute Gasteiger partial charge is 0.497 e. The number of imide groups is 1. The van der Waals surface area contributed by atoms with E-state index in [9.17, 15) is 24.0 Å². The lowest BCUT2D eigenvalue weighted by atomic mass is 10.1. The second-order valence-electron chi connectivity index (χ2n) is 9.18. The van der Waals surface area contributed by atoms with Gasteiger partial charge in [-0.2, -0.15) is 0 Å². The van der Waals surface area contributed by atoms with Crippen LogP contribution in [0.25, 0.3) is 0 Å². The van der Waals surface area contributed by atoms with Crippen LogP contribution in [0.5, 0.6) is 11.5 Å². The molecule has 0 bridgehead atoms. The van der Waals surface area contributed by atoms with Crippen molar-refractivity contribution in [1.82, 2.24) is 0 Å². The molecule has 0 saturated carbocycles. The average molecular weight is 550 g/mol. The van der Waals surface area contributed by atoms with Crippen LogP contribution in [0.15, 0.2) is 91.0 Å². The first-order chi connectivity index (χ1) is 19.7. The fourth-order valence-corrected chi connectivity index (χ4v) is 4.20. The first-order valence-corrected chi connectivity index (χ1v) is 12.5. The zero-order chi connectivity index (χ0) is 29.1. The highest BCUT2D eigenvalue weighted by Crippen LogP contribution is 2.30. The molecule has 1 aliphatic rings. The summed E-state index contributed by atoms with van der Waals surface area (Å²) in [7, 11) is 1.51. The Kier molecular flexibility index (Phi) is 7.43. The number of esters is 2. The number of amides is 2. The van der Waals surface area contributed by atoms with Crippen molar-refractivity contribution < 1.29 is 38.2 Å². The fourth-order valence-electron chi connectivity index (χ4n) is 4.20. The number of rotatable bonds is 8. The Morgan fingerprint density at radius 1 is 0.659 bits per heavy atom. The van der Waals surface area contributed by atoms with Gasteiger partial charge in [0.05, 0.1) is 35.1 Å². The van der Waals surface area contributed by atoms with Gasteiger partial charge in [0, 0.05) is 5.56 Å². The summed E-state index contributed by atoms with van der Waals surface area (Å²) in [4.78, 5) is 64.4. The quantitative estimate of drug-likeness (QED) is 0.130. The van der Waals surface area contributed by atoms with E-state index < -0.39 is 36.1 Å². The van der Waals surface area contributed by atoms with E-state index >= 15 is 0 Å². The summed E-state index contributed by atoms with van der Waals surface area (Å²) in [5, 5.41) is 0. The Morgan fingerprint density at radius 2 is 1.24 bits per heavy atom. The summed E-state index contributed by atoms with van der Waals surface area (Å²) in [6.45, 7) is 1.36. The monoisotopic (exact) mass is 549 g/mol. The summed E-state index contributed by atoms with van der Waals surface area (Å²) in [6.07, 6.45) is 0. The molecule has 9 nitrogen and oxygen atoms in total. The van der Waals surface area contributed by atoms with Crippen molar-refractivity contribution in [3.63, 3.8) is 0 Å². The van der Waals surface area contributed by atoms with Crippen LogP contribution in [0.1, 0.15) is 57.4 Å². The molecule has 1 aliphatic heterocycles. The van der Waals surface area contributed by atoms with Gasteiger partial charge in [-0.05, 0) is 85.8 Å². The molecule has 2 amide bonds. The number of carbonyl (C=O) groups is 5. The van der Waals surface area contributed by atoms with E-state index in [-0.39, 0.29) is 28.0 Å². The Morgan fingerprint density at radius 3 is 1.90 bits per heavy atom. The van der Waals surface area contributed by atoms with Gasteiger partial charge in [-0.3, -0.25) is 14.4 Å². The highest BCUT2D eigenvalue weighted by molar-refractivity contribution is 6.34. The van der Waals surface area contributed by atoms with Crippen LogP contribution in [0, 0.1) is 6.92 Å². The third-order valence-corrected chi connectivity index (χ3v) is 6.46. The van der Waals surface area contributed by atoms with Gasteiger partial charge in [-0.1, -0.05) is 17.7 Å². The van der Waals surface area contributed by atoms with Gasteiger partial charge in [-0.15, -0.1) is 0 Å². The SMILES string of the molecule is COc1ccc(N2C(=O)c3ccc(C(=O)OCC(=O)c4ccc(OC(=O)c5ccc(C)cc5)cc4)cc3C2=O)cc1. The van der Waals surface area contributed by atoms with Crippen LogP contribution in [0.2, 0.25) is 0 Å². The zero-order valence-corrected chi connectivity index (χ0v) is 22.1. The van der Waals surface area contributed by atoms with Crippen molar-refractivity contribution in [1.29, 1.82) is 0 Å². The molecule has 9 heteroatoms. The summed E-state index contributed by atoms with van der Waals surface area (Å²) in [5.74, 6) is -2.10. The number of methoxy groups -OCH3 is 1. The minimum Gasteiger partial charge on any atom is -0.497 e. The van der Waals surface area contributed by atoms with Crippen LogP contribution in [-0.4, -0.2) is 43.3 Å². The molecular formula is C32H23NO8. The predicted octanol–water partition coefficient (Wildman–Crippen LogP) is 5.06. The third kappa shape index (κ3) is 5.60. The van der Waals surface area contributed by atoms with Crippen molar-refractivity contribution in [2.75, 3.05) is 18.6 Å². The van der Waals surface area contributed by atoms with Crippen LogP contribution >= 0.6 is 0 Å². The first-order valence-electron chi connectivity index (χ1n) is 12.5. The summed E-state index contributed by atoms with van der Waals surface area (Å²) in [6, 6.07) is 23.3. The summed E-state index contributed by atoms with van der Waals surface area (Å²) in [5.41, 5.74) is 2.26. The molecule has 4 aromatic rings. The topological polar surface area (TPSA) is 116 Å². The number of Topliss-reactive ketones (excluding diaryl/α,β-unsaturated/α-hetero) is 1. The van der Waals surface area contributed by atoms with Crippen molar-refractivity contribution in [2.45, 2.75) is 6.92 Å². The second-order valence-corrected chi connectivity index (χ2v) is 9.18. The molecule has 0 saturated heterocycles. The number of ketones is 1. The van der Waals surface area contributed by atoms with E-state index in [1.54, 1.807) is 48.5 Å². The molecule has 0 aromatic heterocycles. The van der Waals surface area contributed by atoms with E-state index in [2.05, 4.69) is 0 Å². The molecule has 4 aromatic carbocycles. The van der Waals surface area contributed by atoms with Crippen LogP contribution in [0.3, 0.4) is 0 Å². The molecule has 0 aliphatic carbocycles. The van der Waals surface area contributed by atoms with Gasteiger partial charge >= 0.3 is 11.9 Å². The van der Waals surface area contributed by atoms with Gasteiger partial charge in [0.25, 0.3) is 11.8 Å². The number of hydrogen-bond donors (Lipinski definition) is 0. The van der Waals surface area contributed by atoms with Crippen LogP contribution < -0.4 is 14.4 Å². The Hall–Kier alpha value is -5.57. The zero-order valence-electron chi connectivity index (χ0n) is 22.1. The molecule has 5 rings (SSSR count). The number of nitrogens with zero attached hydrogens (tertiary/aromatic N) is 1. The van der Waals surface area contributed by atoms with E-state index in [4.69, 9.17) is 14.2 Å². The van der Waals surface area contributed by atoms with E-state index in [0.29, 0.717) is 17.0 Å². The minimum absolute atomic E-state index is 0.0210. The molecule has 0 atom stereocenters. The molecule has 0 radical (unpaired) electrons. The normalized spacial score (nSPS) is 12.1. The molecule has 0 unspecified atom stereocenters. The minimum atomic E-state index is -0.826. The Labute approximate surface area is 234 Å². The number of benzene rings is 4. The molecule has 1 heterocycles. The highest BCUT2D eigenvalue weighted by Gasteiger charge is 2.37. The third-order valence-electron chi connectivity index (χ3n) is 6.46. The summed E-state index contributed by atoms with van der Waals surface area (Å²) >= 11 is 0. The number of fused-ring (bicyclic) bond motifs is 1. The van der Waals surface area contributed by atoms with Crippen LogP contribution in [-0.2, 0) is 4.74 Å². The van der Waals surface area contributed by atoms with E-state index in [1.807, 2.05) is 6.92 Å². The maximum absolute atomic E-state index is 13.0. The Balaban J connectivity index is 1.20. The predicted molar refractivity (Wildman–Crippen MR) is 148 cm³/mol. The number of hydrogen-bond acceptors (Lipinski definition) is 8. The van der Waals surface area contributed by atoms with E-state index in [0.717, 1.165) is 10.5 Å². The lowest BCUT2D eigenvalue weighted by Gasteiger charge is -2.14. The number of anilines is 1. The summed E-state index contributed by atoms with van der Waals surface area (Å²) < 4.78 is 15.6.